The number of amides is 1. The number of hydrogen-bond donors (Lipinski definition) is 1. The van der Waals surface area contributed by atoms with Gasteiger partial charge in [-0.05, 0) is 37.2 Å². The first-order valence-electron chi connectivity index (χ1n) is 4.79. The normalized spacial score (nSPS) is 29.8. The van der Waals surface area contributed by atoms with Crippen LogP contribution < -0.4 is 5.32 Å². The van der Waals surface area contributed by atoms with E-state index in [-0.39, 0.29) is 5.91 Å². The van der Waals surface area contributed by atoms with Gasteiger partial charge >= 0.3 is 0 Å². The first kappa shape index (κ1) is 7.84. The Morgan fingerprint density at radius 2 is 2.17 bits per heavy atom. The van der Waals surface area contributed by atoms with Crippen LogP contribution in [-0.2, 0) is 4.79 Å². The second kappa shape index (κ2) is 2.92. The standard InChI is InChI=1S/C10H15NO/c1-7-3-2-4-9-8(7)5-6-10(12)11-9/h7H,2-6H2,1H3,(H,11,12). The molecule has 12 heavy (non-hydrogen) atoms. The summed E-state index contributed by atoms with van der Waals surface area (Å²) >= 11 is 0. The second-order valence-electron chi connectivity index (χ2n) is 3.85. The summed E-state index contributed by atoms with van der Waals surface area (Å²) in [4.78, 5) is 11.1. The van der Waals surface area contributed by atoms with E-state index in [9.17, 15) is 4.79 Å². The summed E-state index contributed by atoms with van der Waals surface area (Å²) in [6, 6.07) is 0. The van der Waals surface area contributed by atoms with E-state index < -0.39 is 0 Å². The van der Waals surface area contributed by atoms with Crippen LogP contribution in [0.25, 0.3) is 0 Å². The maximum absolute atomic E-state index is 11.1. The van der Waals surface area contributed by atoms with Crippen molar-refractivity contribution in [1.29, 1.82) is 0 Å². The highest BCUT2D eigenvalue weighted by Crippen LogP contribution is 2.33. The molecule has 0 aromatic carbocycles. The zero-order valence-electron chi connectivity index (χ0n) is 7.52. The summed E-state index contributed by atoms with van der Waals surface area (Å²) in [5, 5.41) is 2.99. The quantitative estimate of drug-likeness (QED) is 0.584. The molecule has 0 radical (unpaired) electrons. The van der Waals surface area contributed by atoms with E-state index in [2.05, 4.69) is 12.2 Å². The molecule has 2 rings (SSSR count). The summed E-state index contributed by atoms with van der Waals surface area (Å²) in [5.41, 5.74) is 2.76. The molecule has 1 amide bonds. The third kappa shape index (κ3) is 1.26. The number of nitrogens with one attached hydrogen (secondary N) is 1. The van der Waals surface area contributed by atoms with Gasteiger partial charge in [-0.25, -0.2) is 0 Å². The molecule has 1 unspecified atom stereocenters. The summed E-state index contributed by atoms with van der Waals surface area (Å²) < 4.78 is 0. The van der Waals surface area contributed by atoms with Gasteiger partial charge in [-0.1, -0.05) is 6.92 Å². The van der Waals surface area contributed by atoms with Crippen LogP contribution in [0.15, 0.2) is 11.3 Å². The van der Waals surface area contributed by atoms with Crippen molar-refractivity contribution in [3.63, 3.8) is 0 Å². The van der Waals surface area contributed by atoms with Crippen molar-refractivity contribution in [2.24, 2.45) is 5.92 Å². The van der Waals surface area contributed by atoms with E-state index in [1.165, 1.54) is 24.1 Å². The molecule has 0 fully saturated rings. The lowest BCUT2D eigenvalue weighted by atomic mass is 9.83. The van der Waals surface area contributed by atoms with Crippen LogP contribution in [-0.4, -0.2) is 5.91 Å². The molecule has 0 spiro atoms. The molecule has 66 valence electrons. The van der Waals surface area contributed by atoms with Gasteiger partial charge in [-0.3, -0.25) is 4.79 Å². The largest absolute Gasteiger partial charge is 0.330 e. The number of carbonyl (C=O) groups is 1. The lowest BCUT2D eigenvalue weighted by Gasteiger charge is -2.29. The minimum atomic E-state index is 0.211. The fourth-order valence-electron chi connectivity index (χ4n) is 2.24. The highest BCUT2D eigenvalue weighted by Gasteiger charge is 2.24. The van der Waals surface area contributed by atoms with Crippen LogP contribution in [0, 0.1) is 5.92 Å². The molecule has 1 N–H and O–H groups in total. The average molecular weight is 165 g/mol. The van der Waals surface area contributed by atoms with Crippen molar-refractivity contribution in [2.45, 2.75) is 39.0 Å². The molecule has 1 aliphatic carbocycles. The molecule has 0 saturated carbocycles. The Kier molecular flexibility index (Phi) is 1.91. The summed E-state index contributed by atoms with van der Waals surface area (Å²) in [5.74, 6) is 0.914. The van der Waals surface area contributed by atoms with Gasteiger partial charge in [0.05, 0.1) is 0 Å². The lowest BCUT2D eigenvalue weighted by molar-refractivity contribution is -0.120. The van der Waals surface area contributed by atoms with E-state index in [1.54, 1.807) is 0 Å². The Bertz CT molecular complexity index is 242. The Hall–Kier alpha value is -0.790. The summed E-state index contributed by atoms with van der Waals surface area (Å²) in [6.07, 6.45) is 5.33. The van der Waals surface area contributed by atoms with E-state index in [4.69, 9.17) is 0 Å². The molecule has 2 heteroatoms. The number of hydrogen-bond acceptors (Lipinski definition) is 1. The molecule has 1 atom stereocenters. The number of allylic oxidation sites excluding steroid dienone is 2. The van der Waals surface area contributed by atoms with E-state index in [0.29, 0.717) is 12.3 Å². The second-order valence-corrected chi connectivity index (χ2v) is 3.85. The highest BCUT2D eigenvalue weighted by molar-refractivity contribution is 5.79. The molecule has 0 aromatic heterocycles. The zero-order valence-corrected chi connectivity index (χ0v) is 7.52. The molecule has 2 aliphatic rings. The van der Waals surface area contributed by atoms with Crippen LogP contribution in [0.3, 0.4) is 0 Å². The van der Waals surface area contributed by atoms with Crippen molar-refractivity contribution in [1.82, 2.24) is 5.32 Å². The molecule has 1 aliphatic heterocycles. The van der Waals surface area contributed by atoms with Gasteiger partial charge in [0.1, 0.15) is 0 Å². The Morgan fingerprint density at radius 1 is 1.33 bits per heavy atom. The number of carbonyl (C=O) groups excluding carboxylic acids is 1. The molecule has 0 aromatic rings. The van der Waals surface area contributed by atoms with Gasteiger partial charge in [-0.15, -0.1) is 0 Å². The Balaban J connectivity index is 2.24. The molecule has 0 bridgehead atoms. The van der Waals surface area contributed by atoms with Gasteiger partial charge in [-0.2, -0.15) is 0 Å². The number of rotatable bonds is 0. The van der Waals surface area contributed by atoms with Gasteiger partial charge < -0.3 is 5.32 Å². The van der Waals surface area contributed by atoms with Crippen molar-refractivity contribution < 1.29 is 4.79 Å². The topological polar surface area (TPSA) is 29.1 Å². The predicted octanol–water partition coefficient (Wildman–Crippen LogP) is 1.97. The fourth-order valence-corrected chi connectivity index (χ4v) is 2.24. The minimum Gasteiger partial charge on any atom is -0.330 e. The van der Waals surface area contributed by atoms with Gasteiger partial charge in [0.2, 0.25) is 5.91 Å². The van der Waals surface area contributed by atoms with Crippen LogP contribution in [0.2, 0.25) is 0 Å². The Morgan fingerprint density at radius 3 is 3.00 bits per heavy atom. The monoisotopic (exact) mass is 165 g/mol. The van der Waals surface area contributed by atoms with Crippen LogP contribution in [0.4, 0.5) is 0 Å². The summed E-state index contributed by atoms with van der Waals surface area (Å²) in [7, 11) is 0. The third-order valence-corrected chi connectivity index (χ3v) is 2.96. The first-order valence-corrected chi connectivity index (χ1v) is 4.79. The summed E-state index contributed by atoms with van der Waals surface area (Å²) in [6.45, 7) is 2.27. The lowest BCUT2D eigenvalue weighted by Crippen LogP contribution is -2.31. The smallest absolute Gasteiger partial charge is 0.224 e. The van der Waals surface area contributed by atoms with Gasteiger partial charge in [0.25, 0.3) is 0 Å². The predicted molar refractivity (Wildman–Crippen MR) is 47.4 cm³/mol. The van der Waals surface area contributed by atoms with Crippen LogP contribution >= 0.6 is 0 Å². The molecular formula is C10H15NO. The molecule has 2 nitrogen and oxygen atoms in total. The van der Waals surface area contributed by atoms with Crippen molar-refractivity contribution in [3.05, 3.63) is 11.3 Å². The first-order chi connectivity index (χ1) is 5.77. The van der Waals surface area contributed by atoms with Crippen LogP contribution in [0.5, 0.6) is 0 Å². The third-order valence-electron chi connectivity index (χ3n) is 2.96. The molecular weight excluding hydrogens is 150 g/mol. The van der Waals surface area contributed by atoms with E-state index >= 15 is 0 Å². The fraction of sp³-hybridized carbons (Fsp3) is 0.700. The maximum Gasteiger partial charge on any atom is 0.224 e. The van der Waals surface area contributed by atoms with Crippen molar-refractivity contribution >= 4 is 5.91 Å². The van der Waals surface area contributed by atoms with Crippen molar-refractivity contribution in [2.75, 3.05) is 0 Å². The molecule has 0 saturated heterocycles. The molecule has 1 heterocycles. The zero-order chi connectivity index (χ0) is 8.55. The highest BCUT2D eigenvalue weighted by atomic mass is 16.1. The SMILES string of the molecule is CC1CCCC2=C1CCC(=O)N2. The van der Waals surface area contributed by atoms with E-state index in [1.807, 2.05) is 0 Å². The van der Waals surface area contributed by atoms with Crippen molar-refractivity contribution in [3.8, 4) is 0 Å². The van der Waals surface area contributed by atoms with Gasteiger partial charge in [0.15, 0.2) is 0 Å². The van der Waals surface area contributed by atoms with Gasteiger partial charge in [0, 0.05) is 12.1 Å². The van der Waals surface area contributed by atoms with E-state index in [0.717, 1.165) is 12.8 Å². The average Bonchev–Trinajstić information content (AvgIpc) is 2.04. The maximum atomic E-state index is 11.1. The van der Waals surface area contributed by atoms with Crippen LogP contribution in [0.1, 0.15) is 39.0 Å². The Labute approximate surface area is 73.0 Å². The minimum absolute atomic E-state index is 0.211.